The third-order valence-corrected chi connectivity index (χ3v) is 8.05. The first-order valence-electron chi connectivity index (χ1n) is 13.0. The molecule has 6 rings (SSSR count). The van der Waals surface area contributed by atoms with Gasteiger partial charge in [-0.3, -0.25) is 4.79 Å². The average molecular weight is 525 g/mol. The number of anilines is 1. The van der Waals surface area contributed by atoms with Crippen molar-refractivity contribution in [1.82, 2.24) is 9.55 Å². The molecule has 4 aromatic rings. The maximum absolute atomic E-state index is 14.6. The van der Waals surface area contributed by atoms with Gasteiger partial charge < -0.3 is 4.74 Å². The lowest BCUT2D eigenvalue weighted by atomic mass is 9.62. The number of nitrogens with zero attached hydrogens (tertiary/aromatic N) is 3. The summed E-state index contributed by atoms with van der Waals surface area (Å²) in [5.41, 5.74) is 8.13. The molecular weight excluding hydrogens is 496 g/mol. The smallest absolute Gasteiger partial charge is 0.264 e. The number of para-hydroxylation sites is 2. The van der Waals surface area contributed by atoms with E-state index < -0.39 is 0 Å². The molecule has 0 bridgehead atoms. The molecule has 0 atom stereocenters. The van der Waals surface area contributed by atoms with Crippen molar-refractivity contribution in [2.75, 3.05) is 12.5 Å². The Morgan fingerprint density at radius 2 is 1.74 bits per heavy atom. The Bertz CT molecular complexity index is 1570. The topological polar surface area (TPSA) is 68.5 Å². The van der Waals surface area contributed by atoms with E-state index in [4.69, 9.17) is 21.3 Å². The maximum Gasteiger partial charge on any atom is 0.264 e. The Morgan fingerprint density at radius 3 is 2.53 bits per heavy atom. The predicted octanol–water partition coefficient (Wildman–Crippen LogP) is 6.77. The molecule has 1 fully saturated rings. The van der Waals surface area contributed by atoms with Crippen LogP contribution in [-0.2, 0) is 11.8 Å². The van der Waals surface area contributed by atoms with Crippen LogP contribution in [0.4, 0.5) is 5.95 Å². The minimum atomic E-state index is -0.221. The molecule has 0 aliphatic heterocycles. The van der Waals surface area contributed by atoms with Crippen LogP contribution >= 0.6 is 11.6 Å². The highest BCUT2D eigenvalue weighted by atomic mass is 35.5. The number of nitrogens with one attached hydrogen (secondary N) is 1. The minimum absolute atomic E-state index is 0.0694. The van der Waals surface area contributed by atoms with Crippen molar-refractivity contribution in [3.05, 3.63) is 105 Å². The van der Waals surface area contributed by atoms with Gasteiger partial charge in [-0.25, -0.2) is 15.0 Å². The molecule has 38 heavy (non-hydrogen) atoms. The van der Waals surface area contributed by atoms with Crippen molar-refractivity contribution in [3.63, 3.8) is 0 Å². The van der Waals surface area contributed by atoms with E-state index in [1.165, 1.54) is 12.0 Å². The zero-order valence-electron chi connectivity index (χ0n) is 21.3. The molecule has 1 heterocycles. The lowest BCUT2D eigenvalue weighted by molar-refractivity contribution is 0.284. The van der Waals surface area contributed by atoms with Gasteiger partial charge in [0.15, 0.2) is 0 Å². The van der Waals surface area contributed by atoms with Gasteiger partial charge in [0.05, 0.1) is 30.3 Å². The average Bonchev–Trinajstić information content (AvgIpc) is 2.94. The van der Waals surface area contributed by atoms with Gasteiger partial charge in [-0.05, 0) is 54.7 Å². The third kappa shape index (κ3) is 4.29. The normalized spacial score (nSPS) is 15.7. The SMILES string of the molecule is COc1ccccc1-n1c(N/N=C\c2ccc(Cl)cc2)nc2c(c1=O)C1(CCCCC1)Cc1ccccc1-2. The summed E-state index contributed by atoms with van der Waals surface area (Å²) in [4.78, 5) is 19.7. The molecule has 6 nitrogen and oxygen atoms in total. The van der Waals surface area contributed by atoms with Gasteiger partial charge in [-0.15, -0.1) is 0 Å². The Morgan fingerprint density at radius 1 is 1.00 bits per heavy atom. The van der Waals surface area contributed by atoms with Crippen molar-refractivity contribution in [2.24, 2.45) is 5.10 Å². The summed E-state index contributed by atoms with van der Waals surface area (Å²) in [5.74, 6) is 0.932. The van der Waals surface area contributed by atoms with Gasteiger partial charge in [0, 0.05) is 16.0 Å². The zero-order valence-corrected chi connectivity index (χ0v) is 22.0. The van der Waals surface area contributed by atoms with Crippen molar-refractivity contribution in [1.29, 1.82) is 0 Å². The Labute approximate surface area is 227 Å². The Hall–Kier alpha value is -3.90. The zero-order chi connectivity index (χ0) is 26.1. The molecule has 0 amide bonds. The summed E-state index contributed by atoms with van der Waals surface area (Å²) in [6.07, 6.45) is 7.94. The van der Waals surface area contributed by atoms with E-state index in [9.17, 15) is 4.79 Å². The molecule has 1 N–H and O–H groups in total. The van der Waals surface area contributed by atoms with Gasteiger partial charge >= 0.3 is 0 Å². The number of hydrazone groups is 1. The largest absolute Gasteiger partial charge is 0.495 e. The molecule has 192 valence electrons. The van der Waals surface area contributed by atoms with Gasteiger partial charge in [0.1, 0.15) is 5.75 Å². The molecule has 3 aromatic carbocycles. The Kier molecular flexibility index (Phi) is 6.50. The molecule has 1 saturated carbocycles. The van der Waals surface area contributed by atoms with Crippen LogP contribution in [0.15, 0.2) is 82.7 Å². The van der Waals surface area contributed by atoms with Crippen molar-refractivity contribution in [3.8, 4) is 22.7 Å². The van der Waals surface area contributed by atoms with E-state index in [1.54, 1.807) is 17.9 Å². The first kappa shape index (κ1) is 24.4. The van der Waals surface area contributed by atoms with Crippen LogP contribution in [0.3, 0.4) is 0 Å². The molecule has 2 aliphatic rings. The minimum Gasteiger partial charge on any atom is -0.495 e. The summed E-state index contributed by atoms with van der Waals surface area (Å²) in [7, 11) is 1.61. The molecule has 1 spiro atoms. The number of halogens is 1. The molecule has 7 heteroatoms. The number of fused-ring (bicyclic) bond motifs is 4. The highest BCUT2D eigenvalue weighted by Crippen LogP contribution is 2.49. The molecule has 0 saturated heterocycles. The highest BCUT2D eigenvalue weighted by molar-refractivity contribution is 6.30. The number of hydrogen-bond donors (Lipinski definition) is 1. The van der Waals surface area contributed by atoms with Crippen molar-refractivity contribution in [2.45, 2.75) is 43.9 Å². The number of aromatic nitrogens is 2. The van der Waals surface area contributed by atoms with E-state index in [0.717, 1.165) is 54.5 Å². The van der Waals surface area contributed by atoms with Crippen LogP contribution in [0, 0.1) is 0 Å². The second-order valence-corrected chi connectivity index (χ2v) is 10.5. The predicted molar refractivity (Wildman–Crippen MR) is 153 cm³/mol. The molecule has 1 aromatic heterocycles. The molecular formula is C31H29ClN4O2. The second-order valence-electron chi connectivity index (χ2n) is 10.1. The first-order valence-corrected chi connectivity index (χ1v) is 13.4. The van der Waals surface area contributed by atoms with Crippen molar-refractivity contribution >= 4 is 23.8 Å². The summed E-state index contributed by atoms with van der Waals surface area (Å²) in [5, 5.41) is 5.11. The maximum atomic E-state index is 14.6. The summed E-state index contributed by atoms with van der Waals surface area (Å²) in [6.45, 7) is 0. The standard InChI is InChI=1S/C31H29ClN4O2/c1-38-26-12-6-5-11-25(26)36-29(37)27-28(34-30(36)35-33-20-21-13-15-23(32)16-14-21)24-10-4-3-9-22(24)19-31(27)17-7-2-8-18-31/h3-6,9-16,20H,2,7-8,17-19H2,1H3,(H,34,35)/b33-20-. The van der Waals surface area contributed by atoms with Crippen LogP contribution in [0.25, 0.3) is 16.9 Å². The van der Waals surface area contributed by atoms with Crippen LogP contribution in [0.5, 0.6) is 5.75 Å². The summed E-state index contributed by atoms with van der Waals surface area (Å²) >= 11 is 6.03. The van der Waals surface area contributed by atoms with E-state index in [0.29, 0.717) is 22.4 Å². The number of benzene rings is 3. The second kappa shape index (κ2) is 10.1. The van der Waals surface area contributed by atoms with Gasteiger partial charge in [0.25, 0.3) is 5.56 Å². The fraction of sp³-hybridized carbons (Fsp3) is 0.258. The molecule has 2 aliphatic carbocycles. The number of ether oxygens (including phenoxy) is 1. The highest BCUT2D eigenvalue weighted by Gasteiger charge is 2.43. The van der Waals surface area contributed by atoms with E-state index in [-0.39, 0.29) is 11.0 Å². The quantitative estimate of drug-likeness (QED) is 0.231. The number of hydrogen-bond acceptors (Lipinski definition) is 5. The van der Waals surface area contributed by atoms with Crippen LogP contribution in [-0.4, -0.2) is 22.9 Å². The molecule has 0 radical (unpaired) electrons. The first-order chi connectivity index (χ1) is 18.6. The fourth-order valence-electron chi connectivity index (χ4n) is 6.03. The summed E-state index contributed by atoms with van der Waals surface area (Å²) in [6, 6.07) is 23.2. The van der Waals surface area contributed by atoms with E-state index in [2.05, 4.69) is 28.7 Å². The number of methoxy groups -OCH3 is 1. The van der Waals surface area contributed by atoms with Gasteiger partial charge in [0.2, 0.25) is 5.95 Å². The third-order valence-electron chi connectivity index (χ3n) is 7.80. The number of rotatable bonds is 5. The van der Waals surface area contributed by atoms with Crippen molar-refractivity contribution < 1.29 is 4.74 Å². The molecule has 0 unspecified atom stereocenters. The van der Waals surface area contributed by atoms with Crippen LogP contribution < -0.4 is 15.7 Å². The Balaban J connectivity index is 1.58. The van der Waals surface area contributed by atoms with E-state index in [1.807, 2.05) is 54.6 Å². The fourth-order valence-corrected chi connectivity index (χ4v) is 6.16. The lowest BCUT2D eigenvalue weighted by Gasteiger charge is -2.42. The van der Waals surface area contributed by atoms with E-state index >= 15 is 0 Å². The van der Waals surface area contributed by atoms with Crippen LogP contribution in [0.1, 0.15) is 48.8 Å². The van der Waals surface area contributed by atoms with Gasteiger partial charge in [-0.1, -0.05) is 79.4 Å². The van der Waals surface area contributed by atoms with Gasteiger partial charge in [-0.2, -0.15) is 5.10 Å². The summed E-state index contributed by atoms with van der Waals surface area (Å²) < 4.78 is 7.29. The lowest BCUT2D eigenvalue weighted by Crippen LogP contribution is -2.43. The monoisotopic (exact) mass is 524 g/mol. The van der Waals surface area contributed by atoms with Crippen LogP contribution in [0.2, 0.25) is 5.02 Å².